The van der Waals surface area contributed by atoms with Crippen LogP contribution in [0.3, 0.4) is 0 Å². The van der Waals surface area contributed by atoms with Gasteiger partial charge >= 0.3 is 0 Å². The lowest BCUT2D eigenvalue weighted by Crippen LogP contribution is -2.34. The Morgan fingerprint density at radius 1 is 0.852 bits per heavy atom. The summed E-state index contributed by atoms with van der Waals surface area (Å²) in [5, 5.41) is 0. The van der Waals surface area contributed by atoms with Crippen LogP contribution in [-0.4, -0.2) is 24.5 Å². The first-order valence-electron chi connectivity index (χ1n) is 10.6. The van der Waals surface area contributed by atoms with Crippen molar-refractivity contribution in [3.8, 4) is 0 Å². The van der Waals surface area contributed by atoms with Gasteiger partial charge in [0.05, 0.1) is 6.04 Å². The highest BCUT2D eigenvalue weighted by molar-refractivity contribution is 5.62. The third-order valence-corrected chi connectivity index (χ3v) is 6.16. The monoisotopic (exact) mass is 360 g/mol. The highest BCUT2D eigenvalue weighted by Crippen LogP contribution is 2.38. The first-order chi connectivity index (χ1) is 13.3. The van der Waals surface area contributed by atoms with E-state index in [9.17, 15) is 0 Å². The summed E-state index contributed by atoms with van der Waals surface area (Å²) in [4.78, 5) is 5.28. The lowest BCUT2D eigenvalue weighted by atomic mass is 9.95. The Kier molecular flexibility index (Phi) is 5.94. The molecule has 0 radical (unpaired) electrons. The van der Waals surface area contributed by atoms with E-state index in [4.69, 9.17) is 0 Å². The van der Waals surface area contributed by atoms with Crippen LogP contribution in [-0.2, 0) is 6.42 Å². The number of rotatable bonds is 5. The molecule has 0 bridgehead atoms. The number of anilines is 1. The van der Waals surface area contributed by atoms with Gasteiger partial charge in [-0.3, -0.25) is 0 Å². The zero-order valence-electron chi connectivity index (χ0n) is 16.6. The molecule has 0 saturated carbocycles. The number of hydrogen-bond donors (Lipinski definition) is 0. The molecule has 0 amide bonds. The number of allylic oxidation sites excluding steroid dienone is 2. The predicted molar refractivity (Wildman–Crippen MR) is 115 cm³/mol. The van der Waals surface area contributed by atoms with E-state index in [1.807, 2.05) is 0 Å². The highest BCUT2D eigenvalue weighted by Gasteiger charge is 2.26. The molecule has 0 N–H and O–H groups in total. The van der Waals surface area contributed by atoms with E-state index < -0.39 is 0 Å². The van der Waals surface area contributed by atoms with Crippen LogP contribution >= 0.6 is 0 Å². The molecule has 1 unspecified atom stereocenters. The van der Waals surface area contributed by atoms with Crippen molar-refractivity contribution >= 4 is 5.69 Å². The quantitative estimate of drug-likeness (QED) is 0.649. The zero-order chi connectivity index (χ0) is 18.5. The van der Waals surface area contributed by atoms with Gasteiger partial charge in [-0.25, -0.2) is 0 Å². The van der Waals surface area contributed by atoms with Crippen LogP contribution < -0.4 is 4.90 Å². The third-order valence-electron chi connectivity index (χ3n) is 6.16. The van der Waals surface area contributed by atoms with Crippen molar-refractivity contribution in [1.82, 2.24) is 4.90 Å². The Balaban J connectivity index is 1.61. The van der Waals surface area contributed by atoms with Gasteiger partial charge in [0.25, 0.3) is 0 Å². The van der Waals surface area contributed by atoms with Crippen molar-refractivity contribution in [3.63, 3.8) is 0 Å². The first-order valence-corrected chi connectivity index (χ1v) is 10.6. The van der Waals surface area contributed by atoms with Gasteiger partial charge in [-0.1, -0.05) is 67.4 Å². The Labute approximate surface area is 164 Å². The lowest BCUT2D eigenvalue weighted by molar-refractivity contribution is 0.272. The van der Waals surface area contributed by atoms with Gasteiger partial charge in [0.2, 0.25) is 0 Å². The van der Waals surface area contributed by atoms with Crippen LogP contribution in [0.2, 0.25) is 0 Å². The van der Waals surface area contributed by atoms with E-state index in [2.05, 4.69) is 77.4 Å². The summed E-state index contributed by atoms with van der Waals surface area (Å²) in [5.41, 5.74) is 5.65. The van der Waals surface area contributed by atoms with Crippen molar-refractivity contribution in [1.29, 1.82) is 0 Å². The maximum absolute atomic E-state index is 2.69. The molecule has 2 aromatic rings. The smallest absolute Gasteiger partial charge is 0.0600 e. The van der Waals surface area contributed by atoms with Gasteiger partial charge in [-0.05, 0) is 62.9 Å². The molecule has 142 valence electrons. The minimum Gasteiger partial charge on any atom is -0.338 e. The molecule has 2 nitrogen and oxygen atoms in total. The van der Waals surface area contributed by atoms with E-state index in [-0.39, 0.29) is 0 Å². The molecule has 2 heteroatoms. The van der Waals surface area contributed by atoms with Gasteiger partial charge < -0.3 is 9.80 Å². The molecule has 27 heavy (non-hydrogen) atoms. The molecule has 2 aliphatic rings. The second-order valence-electron chi connectivity index (χ2n) is 8.02. The Bertz CT molecular complexity index is 757. The van der Waals surface area contributed by atoms with E-state index in [1.165, 1.54) is 74.2 Å². The van der Waals surface area contributed by atoms with Gasteiger partial charge in [0.15, 0.2) is 0 Å². The highest BCUT2D eigenvalue weighted by atomic mass is 15.2. The summed E-state index contributed by atoms with van der Waals surface area (Å²) >= 11 is 0. The van der Waals surface area contributed by atoms with Crippen molar-refractivity contribution in [3.05, 3.63) is 77.5 Å². The van der Waals surface area contributed by atoms with Gasteiger partial charge in [0, 0.05) is 17.9 Å². The number of hydrogen-bond acceptors (Lipinski definition) is 2. The summed E-state index contributed by atoms with van der Waals surface area (Å²) in [6.07, 6.45) is 10.1. The van der Waals surface area contributed by atoms with Crippen LogP contribution in [0.15, 0.2) is 66.4 Å². The second-order valence-corrected chi connectivity index (χ2v) is 8.02. The normalized spacial score (nSPS) is 19.1. The van der Waals surface area contributed by atoms with E-state index in [0.717, 1.165) is 6.42 Å². The minimum atomic E-state index is 0.396. The Morgan fingerprint density at radius 2 is 1.56 bits per heavy atom. The largest absolute Gasteiger partial charge is 0.338 e. The summed E-state index contributed by atoms with van der Waals surface area (Å²) in [5.74, 6) is 0. The van der Waals surface area contributed by atoms with Crippen molar-refractivity contribution in [2.24, 2.45) is 0 Å². The van der Waals surface area contributed by atoms with Crippen LogP contribution in [0, 0.1) is 0 Å². The van der Waals surface area contributed by atoms with Crippen molar-refractivity contribution < 1.29 is 0 Å². The third kappa shape index (κ3) is 4.27. The summed E-state index contributed by atoms with van der Waals surface area (Å²) in [7, 11) is 0. The number of likely N-dealkylation sites (tertiary alicyclic amines) is 1. The van der Waals surface area contributed by atoms with Crippen molar-refractivity contribution in [2.45, 2.75) is 51.5 Å². The van der Waals surface area contributed by atoms with Crippen LogP contribution in [0.5, 0.6) is 0 Å². The van der Waals surface area contributed by atoms with E-state index in [0.29, 0.717) is 6.04 Å². The molecule has 1 fully saturated rings. The number of benzene rings is 2. The average molecular weight is 361 g/mol. The van der Waals surface area contributed by atoms with Gasteiger partial charge in [-0.2, -0.15) is 0 Å². The topological polar surface area (TPSA) is 6.48 Å². The fourth-order valence-electron chi connectivity index (χ4n) is 4.66. The number of nitrogens with zero attached hydrogens (tertiary/aromatic N) is 2. The molecular weight excluding hydrogens is 328 g/mol. The molecule has 0 spiro atoms. The van der Waals surface area contributed by atoms with Gasteiger partial charge in [-0.15, -0.1) is 0 Å². The van der Waals surface area contributed by atoms with Gasteiger partial charge in [0.1, 0.15) is 0 Å². The predicted octanol–water partition coefficient (Wildman–Crippen LogP) is 5.96. The lowest BCUT2D eigenvalue weighted by Gasteiger charge is -2.39. The minimum absolute atomic E-state index is 0.396. The molecule has 0 aliphatic carbocycles. The molecular formula is C25H32N2. The van der Waals surface area contributed by atoms with Crippen molar-refractivity contribution in [2.75, 3.05) is 24.5 Å². The molecule has 1 atom stereocenters. The van der Waals surface area contributed by atoms with Crippen LogP contribution in [0.25, 0.3) is 0 Å². The van der Waals surface area contributed by atoms with E-state index in [1.54, 1.807) is 0 Å². The number of fused-ring (bicyclic) bond motifs is 1. The van der Waals surface area contributed by atoms with Crippen LogP contribution in [0.4, 0.5) is 5.69 Å². The Morgan fingerprint density at radius 3 is 2.33 bits per heavy atom. The standard InChI is InChI=1S/C25H32N2/c1-21-15-16-23-13-7-8-14-24(23)27(21)25(22-11-5-4-6-12-22)17-20-26-18-9-2-3-10-19-26/h4-8,11-15,25H,2-3,9-10,16-20H2,1H3. The number of para-hydroxylation sites is 1. The van der Waals surface area contributed by atoms with Crippen LogP contribution in [0.1, 0.15) is 56.2 Å². The first kappa shape index (κ1) is 18.3. The maximum Gasteiger partial charge on any atom is 0.0600 e. The summed E-state index contributed by atoms with van der Waals surface area (Å²) in [6, 6.07) is 20.4. The molecule has 2 heterocycles. The van der Waals surface area contributed by atoms with E-state index >= 15 is 0 Å². The average Bonchev–Trinajstić information content (AvgIpc) is 2.99. The zero-order valence-corrected chi connectivity index (χ0v) is 16.6. The molecule has 2 aromatic carbocycles. The fourth-order valence-corrected chi connectivity index (χ4v) is 4.66. The summed E-state index contributed by atoms with van der Waals surface area (Å²) < 4.78 is 0. The summed E-state index contributed by atoms with van der Waals surface area (Å²) in [6.45, 7) is 6.00. The SMILES string of the molecule is CC1=CCc2ccccc2N1C(CCN1CCCCCC1)c1ccccc1. The molecule has 2 aliphatic heterocycles. The molecule has 1 saturated heterocycles. The molecule has 4 rings (SSSR count). The second kappa shape index (κ2) is 8.75. The fraction of sp³-hybridized carbons (Fsp3) is 0.440. The maximum atomic E-state index is 2.69. The molecule has 0 aromatic heterocycles. The Hall–Kier alpha value is -2.06.